The van der Waals surface area contributed by atoms with Gasteiger partial charge in [-0.1, -0.05) is 0 Å². The predicted octanol–water partition coefficient (Wildman–Crippen LogP) is 2.55. The summed E-state index contributed by atoms with van der Waals surface area (Å²) in [6.07, 6.45) is 0. The molecule has 3 unspecified atom stereocenters. The van der Waals surface area contributed by atoms with Crippen LogP contribution in [-0.4, -0.2) is 30.6 Å². The lowest BCUT2D eigenvalue weighted by Gasteiger charge is -2.23. The smallest absolute Gasteiger partial charge is 0.0701 e. The first kappa shape index (κ1) is 11.2. The summed E-state index contributed by atoms with van der Waals surface area (Å²) in [5.74, 6) is 1.77. The van der Waals surface area contributed by atoms with Crippen molar-refractivity contribution in [2.75, 3.05) is 19.6 Å². The molecular weight excluding hydrogens is 284 g/mol. The van der Waals surface area contributed by atoms with Crippen LogP contribution in [0.2, 0.25) is 0 Å². The quantitative estimate of drug-likeness (QED) is 0.903. The van der Waals surface area contributed by atoms with Crippen molar-refractivity contribution in [2.45, 2.75) is 19.5 Å². The van der Waals surface area contributed by atoms with E-state index in [0.29, 0.717) is 0 Å². The molecule has 2 fully saturated rings. The Morgan fingerprint density at radius 2 is 2.38 bits per heavy atom. The average molecular weight is 301 g/mol. The topological polar surface area (TPSA) is 15.3 Å². The number of likely N-dealkylation sites (tertiary alicyclic amines) is 1. The lowest BCUT2D eigenvalue weighted by atomic mass is 9.95. The van der Waals surface area contributed by atoms with Crippen molar-refractivity contribution in [1.82, 2.24) is 10.2 Å². The molecule has 1 aromatic heterocycles. The third kappa shape index (κ3) is 1.96. The fourth-order valence-corrected chi connectivity index (χ4v) is 4.61. The summed E-state index contributed by atoms with van der Waals surface area (Å²) in [6.45, 7) is 7.23. The lowest BCUT2D eigenvalue weighted by molar-refractivity contribution is 0.233. The maximum Gasteiger partial charge on any atom is 0.0701 e. The Bertz CT molecular complexity index is 379. The second-order valence-electron chi connectivity index (χ2n) is 4.96. The molecule has 3 atom stereocenters. The molecule has 0 aliphatic carbocycles. The molecule has 0 bridgehead atoms. The van der Waals surface area contributed by atoms with Crippen LogP contribution in [0.15, 0.2) is 15.9 Å². The van der Waals surface area contributed by atoms with E-state index in [1.807, 2.05) is 11.3 Å². The standard InChI is InChI=1S/C12H17BrN2S/c1-8-11-5-14-4-9(11)6-15(8)7-10-2-3-12(13)16-10/h2-3,8-9,11,14H,4-7H2,1H3. The number of rotatable bonds is 2. The molecule has 3 rings (SSSR count). The Morgan fingerprint density at radius 1 is 1.50 bits per heavy atom. The molecule has 2 saturated heterocycles. The van der Waals surface area contributed by atoms with E-state index >= 15 is 0 Å². The van der Waals surface area contributed by atoms with Crippen molar-refractivity contribution in [3.63, 3.8) is 0 Å². The summed E-state index contributed by atoms with van der Waals surface area (Å²) < 4.78 is 1.25. The molecule has 2 aliphatic heterocycles. The van der Waals surface area contributed by atoms with Crippen molar-refractivity contribution in [3.8, 4) is 0 Å². The Balaban J connectivity index is 1.68. The molecule has 0 aromatic carbocycles. The van der Waals surface area contributed by atoms with Crippen molar-refractivity contribution in [1.29, 1.82) is 0 Å². The van der Waals surface area contributed by atoms with Crippen molar-refractivity contribution >= 4 is 27.3 Å². The Kier molecular flexibility index (Phi) is 3.09. The number of hydrogen-bond donors (Lipinski definition) is 1. The molecule has 1 N–H and O–H groups in total. The summed E-state index contributed by atoms with van der Waals surface area (Å²) in [7, 11) is 0. The van der Waals surface area contributed by atoms with Gasteiger partial charge >= 0.3 is 0 Å². The van der Waals surface area contributed by atoms with E-state index in [0.717, 1.165) is 24.4 Å². The van der Waals surface area contributed by atoms with Crippen LogP contribution in [0.4, 0.5) is 0 Å². The van der Waals surface area contributed by atoms with Gasteiger partial charge in [0.05, 0.1) is 3.79 Å². The Labute approximate surface area is 109 Å². The molecule has 0 spiro atoms. The van der Waals surface area contributed by atoms with E-state index in [9.17, 15) is 0 Å². The van der Waals surface area contributed by atoms with Gasteiger partial charge in [0.2, 0.25) is 0 Å². The highest BCUT2D eigenvalue weighted by atomic mass is 79.9. The second kappa shape index (κ2) is 4.41. The highest BCUT2D eigenvalue weighted by molar-refractivity contribution is 9.11. The predicted molar refractivity (Wildman–Crippen MR) is 71.7 cm³/mol. The lowest BCUT2D eigenvalue weighted by Crippen LogP contribution is -2.32. The van der Waals surface area contributed by atoms with Crippen LogP contribution in [0.1, 0.15) is 11.8 Å². The second-order valence-corrected chi connectivity index (χ2v) is 7.51. The van der Waals surface area contributed by atoms with Gasteiger partial charge in [0.25, 0.3) is 0 Å². The van der Waals surface area contributed by atoms with E-state index < -0.39 is 0 Å². The van der Waals surface area contributed by atoms with Crippen molar-refractivity contribution in [2.24, 2.45) is 11.8 Å². The first-order chi connectivity index (χ1) is 7.74. The highest BCUT2D eigenvalue weighted by Crippen LogP contribution is 2.34. The van der Waals surface area contributed by atoms with Gasteiger partial charge in [0.1, 0.15) is 0 Å². The van der Waals surface area contributed by atoms with E-state index in [2.05, 4.69) is 45.2 Å². The maximum atomic E-state index is 3.54. The number of fused-ring (bicyclic) bond motifs is 1. The zero-order valence-electron chi connectivity index (χ0n) is 9.45. The molecule has 3 heterocycles. The summed E-state index contributed by atoms with van der Waals surface area (Å²) >= 11 is 5.40. The van der Waals surface area contributed by atoms with E-state index in [-0.39, 0.29) is 0 Å². The van der Waals surface area contributed by atoms with Gasteiger partial charge in [-0.15, -0.1) is 11.3 Å². The summed E-state index contributed by atoms with van der Waals surface area (Å²) in [6, 6.07) is 5.14. The summed E-state index contributed by atoms with van der Waals surface area (Å²) in [4.78, 5) is 4.13. The molecule has 2 aliphatic rings. The summed E-state index contributed by atoms with van der Waals surface area (Å²) in [5, 5.41) is 3.51. The van der Waals surface area contributed by atoms with Gasteiger partial charge in [-0.3, -0.25) is 4.90 Å². The number of thiophene rings is 1. The average Bonchev–Trinajstić information content (AvgIpc) is 2.90. The number of hydrogen-bond acceptors (Lipinski definition) is 3. The minimum Gasteiger partial charge on any atom is -0.316 e. The van der Waals surface area contributed by atoms with Crippen molar-refractivity contribution < 1.29 is 0 Å². The first-order valence-corrected chi connectivity index (χ1v) is 7.54. The molecule has 88 valence electrons. The number of nitrogens with zero attached hydrogens (tertiary/aromatic N) is 1. The van der Waals surface area contributed by atoms with Crippen LogP contribution < -0.4 is 5.32 Å². The maximum absolute atomic E-state index is 3.54. The SMILES string of the molecule is CC1C2CNCC2CN1Cc1ccc(Br)s1. The van der Waals surface area contributed by atoms with Gasteiger partial charge in [0.15, 0.2) is 0 Å². The zero-order valence-corrected chi connectivity index (χ0v) is 11.9. The van der Waals surface area contributed by atoms with Gasteiger partial charge < -0.3 is 5.32 Å². The van der Waals surface area contributed by atoms with Crippen molar-refractivity contribution in [3.05, 3.63) is 20.8 Å². The van der Waals surface area contributed by atoms with Gasteiger partial charge in [-0.2, -0.15) is 0 Å². The normalized spacial score (nSPS) is 34.5. The van der Waals surface area contributed by atoms with E-state index in [4.69, 9.17) is 0 Å². The fraction of sp³-hybridized carbons (Fsp3) is 0.667. The minimum atomic E-state index is 0.737. The molecule has 0 radical (unpaired) electrons. The first-order valence-electron chi connectivity index (χ1n) is 5.93. The Hall–Kier alpha value is 0.1000. The van der Waals surface area contributed by atoms with Gasteiger partial charge in [-0.25, -0.2) is 0 Å². The fourth-order valence-electron chi connectivity index (χ4n) is 3.10. The van der Waals surface area contributed by atoms with Gasteiger partial charge in [0, 0.05) is 24.0 Å². The molecule has 2 nitrogen and oxygen atoms in total. The molecule has 0 amide bonds. The summed E-state index contributed by atoms with van der Waals surface area (Å²) in [5.41, 5.74) is 0. The molecule has 1 aromatic rings. The molecule has 0 saturated carbocycles. The third-order valence-electron chi connectivity index (χ3n) is 4.04. The number of halogens is 1. The minimum absolute atomic E-state index is 0.737. The zero-order chi connectivity index (χ0) is 11.1. The highest BCUT2D eigenvalue weighted by Gasteiger charge is 2.41. The van der Waals surface area contributed by atoms with Crippen LogP contribution in [0.5, 0.6) is 0 Å². The van der Waals surface area contributed by atoms with Crippen LogP contribution in [0.25, 0.3) is 0 Å². The molecule has 16 heavy (non-hydrogen) atoms. The van der Waals surface area contributed by atoms with E-state index in [1.165, 1.54) is 28.3 Å². The largest absolute Gasteiger partial charge is 0.316 e. The third-order valence-corrected chi connectivity index (χ3v) is 5.65. The molecular formula is C12H17BrN2S. The molecule has 4 heteroatoms. The Morgan fingerprint density at radius 3 is 3.06 bits per heavy atom. The number of nitrogens with one attached hydrogen (secondary N) is 1. The van der Waals surface area contributed by atoms with Crippen LogP contribution >= 0.6 is 27.3 Å². The van der Waals surface area contributed by atoms with Crippen LogP contribution in [0.3, 0.4) is 0 Å². The monoisotopic (exact) mass is 300 g/mol. The van der Waals surface area contributed by atoms with Crippen LogP contribution in [0, 0.1) is 11.8 Å². The van der Waals surface area contributed by atoms with Crippen LogP contribution in [-0.2, 0) is 6.54 Å². The van der Waals surface area contributed by atoms with E-state index in [1.54, 1.807) is 0 Å². The van der Waals surface area contributed by atoms with Gasteiger partial charge in [-0.05, 0) is 59.9 Å².